The molecule has 1 aliphatic rings. The van der Waals surface area contributed by atoms with Gasteiger partial charge < -0.3 is 20.1 Å². The minimum absolute atomic E-state index is 0.110. The molecular formula is C17H27F3N2O5. The van der Waals surface area contributed by atoms with Crippen LogP contribution in [0, 0.1) is 11.8 Å². The number of epoxide rings is 1. The lowest BCUT2D eigenvalue weighted by atomic mass is 10.0. The zero-order valence-corrected chi connectivity index (χ0v) is 15.9. The molecule has 3 atom stereocenters. The molecule has 0 aromatic heterocycles. The summed E-state index contributed by atoms with van der Waals surface area (Å²) < 4.78 is 45.0. The second-order valence-electron chi connectivity index (χ2n) is 7.36. The van der Waals surface area contributed by atoms with Crippen molar-refractivity contribution in [2.24, 2.45) is 11.8 Å². The number of carbonyl (C=O) groups excluding carboxylic acids is 3. The van der Waals surface area contributed by atoms with Gasteiger partial charge in [0.15, 0.2) is 18.8 Å². The molecule has 1 fully saturated rings. The smallest absolute Gasteiger partial charge is 0.422 e. The number of halogens is 3. The summed E-state index contributed by atoms with van der Waals surface area (Å²) in [6.45, 7) is 6.52. The number of esters is 1. The quantitative estimate of drug-likeness (QED) is 0.431. The minimum Gasteiger partial charge on any atom is -0.454 e. The van der Waals surface area contributed by atoms with Crippen LogP contribution in [0.1, 0.15) is 40.5 Å². The van der Waals surface area contributed by atoms with E-state index in [0.29, 0.717) is 18.9 Å². The SMILES string of the molecule is CC(C)CCNC(=O)[C@H](CC(C)C)NC(=O)[C@H]1O[C@@H]1C(=O)OCC(F)(F)F. The van der Waals surface area contributed by atoms with Gasteiger partial charge in [-0.05, 0) is 24.7 Å². The summed E-state index contributed by atoms with van der Waals surface area (Å²) in [6.07, 6.45) is -6.12. The van der Waals surface area contributed by atoms with Gasteiger partial charge in [-0.3, -0.25) is 9.59 Å². The molecule has 156 valence electrons. The second kappa shape index (κ2) is 9.91. The zero-order chi connectivity index (χ0) is 20.8. The van der Waals surface area contributed by atoms with Gasteiger partial charge in [0.1, 0.15) is 6.04 Å². The van der Waals surface area contributed by atoms with E-state index in [1.165, 1.54) is 0 Å². The first-order valence-corrected chi connectivity index (χ1v) is 8.87. The highest BCUT2D eigenvalue weighted by Crippen LogP contribution is 2.25. The average Bonchev–Trinajstić information content (AvgIpc) is 3.31. The number of rotatable bonds is 10. The van der Waals surface area contributed by atoms with E-state index in [4.69, 9.17) is 4.74 Å². The van der Waals surface area contributed by atoms with Crippen LogP contribution in [0.15, 0.2) is 0 Å². The first-order chi connectivity index (χ1) is 12.4. The van der Waals surface area contributed by atoms with Gasteiger partial charge in [0.05, 0.1) is 0 Å². The fraction of sp³-hybridized carbons (Fsp3) is 0.824. The molecule has 1 rings (SSSR count). The molecule has 2 N–H and O–H groups in total. The standard InChI is InChI=1S/C17H27F3N2O5/c1-9(2)5-6-21-14(23)11(7-10(3)4)22-15(24)12-13(27-12)16(25)26-8-17(18,19)20/h9-13H,5-8H2,1-4H3,(H,21,23)(H,22,24)/t11-,12-,13-/m0/s1. The van der Waals surface area contributed by atoms with E-state index in [0.717, 1.165) is 6.42 Å². The van der Waals surface area contributed by atoms with Crippen LogP contribution in [-0.2, 0) is 23.9 Å². The van der Waals surface area contributed by atoms with Gasteiger partial charge in [0.25, 0.3) is 5.91 Å². The molecule has 0 aromatic carbocycles. The molecule has 0 spiro atoms. The fourth-order valence-corrected chi connectivity index (χ4v) is 2.29. The monoisotopic (exact) mass is 396 g/mol. The van der Waals surface area contributed by atoms with Gasteiger partial charge in [-0.15, -0.1) is 0 Å². The third-order valence-corrected chi connectivity index (χ3v) is 3.72. The number of ether oxygens (including phenoxy) is 2. The highest BCUT2D eigenvalue weighted by Gasteiger charge is 2.52. The Morgan fingerprint density at radius 1 is 1.07 bits per heavy atom. The zero-order valence-electron chi connectivity index (χ0n) is 15.9. The van der Waals surface area contributed by atoms with Crippen molar-refractivity contribution in [2.75, 3.05) is 13.2 Å². The van der Waals surface area contributed by atoms with Crippen LogP contribution in [0.2, 0.25) is 0 Å². The Labute approximate surface area is 156 Å². The van der Waals surface area contributed by atoms with Gasteiger partial charge in [-0.2, -0.15) is 13.2 Å². The summed E-state index contributed by atoms with van der Waals surface area (Å²) in [4.78, 5) is 35.9. The van der Waals surface area contributed by atoms with Crippen molar-refractivity contribution in [3.8, 4) is 0 Å². The van der Waals surface area contributed by atoms with E-state index in [1.807, 2.05) is 27.7 Å². The number of hydrogen-bond donors (Lipinski definition) is 2. The molecule has 0 bridgehead atoms. The lowest BCUT2D eigenvalue weighted by Gasteiger charge is -2.20. The lowest BCUT2D eigenvalue weighted by molar-refractivity contribution is -0.187. The summed E-state index contributed by atoms with van der Waals surface area (Å²) in [6, 6.07) is -0.819. The van der Waals surface area contributed by atoms with E-state index in [9.17, 15) is 27.6 Å². The molecule has 0 unspecified atom stereocenters. The van der Waals surface area contributed by atoms with Crippen LogP contribution in [0.5, 0.6) is 0 Å². The van der Waals surface area contributed by atoms with E-state index >= 15 is 0 Å². The summed E-state index contributed by atoms with van der Waals surface area (Å²) in [5.74, 6) is -1.82. The largest absolute Gasteiger partial charge is 0.454 e. The Morgan fingerprint density at radius 2 is 1.70 bits per heavy atom. The Morgan fingerprint density at radius 3 is 2.22 bits per heavy atom. The fourth-order valence-electron chi connectivity index (χ4n) is 2.29. The van der Waals surface area contributed by atoms with Crippen molar-refractivity contribution in [3.05, 3.63) is 0 Å². The maximum Gasteiger partial charge on any atom is 0.422 e. The van der Waals surface area contributed by atoms with Gasteiger partial charge in [-0.1, -0.05) is 27.7 Å². The summed E-state index contributed by atoms with van der Waals surface area (Å²) >= 11 is 0. The molecular weight excluding hydrogens is 369 g/mol. The van der Waals surface area contributed by atoms with Gasteiger partial charge in [0, 0.05) is 6.54 Å². The Hall–Kier alpha value is -1.84. The van der Waals surface area contributed by atoms with Crippen molar-refractivity contribution in [3.63, 3.8) is 0 Å². The summed E-state index contributed by atoms with van der Waals surface area (Å²) in [5.41, 5.74) is 0. The van der Waals surface area contributed by atoms with Crippen LogP contribution in [0.25, 0.3) is 0 Å². The predicted molar refractivity (Wildman–Crippen MR) is 89.5 cm³/mol. The average molecular weight is 396 g/mol. The number of amides is 2. The van der Waals surface area contributed by atoms with Crippen LogP contribution < -0.4 is 10.6 Å². The third kappa shape index (κ3) is 9.07. The summed E-state index contributed by atoms with van der Waals surface area (Å²) in [7, 11) is 0. The first kappa shape index (κ1) is 23.2. The maximum atomic E-state index is 12.3. The van der Waals surface area contributed by atoms with E-state index in [-0.39, 0.29) is 11.8 Å². The third-order valence-electron chi connectivity index (χ3n) is 3.72. The highest BCUT2D eigenvalue weighted by molar-refractivity contribution is 5.95. The predicted octanol–water partition coefficient (Wildman–Crippen LogP) is 1.55. The Bertz CT molecular complexity index is 537. The molecule has 27 heavy (non-hydrogen) atoms. The topological polar surface area (TPSA) is 97.0 Å². The molecule has 1 aliphatic heterocycles. The number of hydrogen-bond acceptors (Lipinski definition) is 5. The minimum atomic E-state index is -4.65. The second-order valence-corrected chi connectivity index (χ2v) is 7.36. The van der Waals surface area contributed by atoms with Crippen molar-refractivity contribution in [1.82, 2.24) is 10.6 Å². The van der Waals surface area contributed by atoms with Crippen LogP contribution in [0.3, 0.4) is 0 Å². The number of alkyl halides is 3. The van der Waals surface area contributed by atoms with Crippen molar-refractivity contribution in [1.29, 1.82) is 0 Å². The molecule has 0 aliphatic carbocycles. The lowest BCUT2D eigenvalue weighted by Crippen LogP contribution is -2.49. The maximum absolute atomic E-state index is 12.3. The van der Waals surface area contributed by atoms with Crippen molar-refractivity contribution >= 4 is 17.8 Å². The van der Waals surface area contributed by atoms with Crippen LogP contribution >= 0.6 is 0 Å². The van der Waals surface area contributed by atoms with Gasteiger partial charge >= 0.3 is 12.1 Å². The first-order valence-electron chi connectivity index (χ1n) is 8.87. The van der Waals surface area contributed by atoms with Crippen molar-refractivity contribution < 1.29 is 37.0 Å². The molecule has 10 heteroatoms. The molecule has 2 amide bonds. The molecule has 0 aromatic rings. The van der Waals surface area contributed by atoms with E-state index < -0.39 is 42.9 Å². The molecule has 0 saturated carbocycles. The highest BCUT2D eigenvalue weighted by atomic mass is 19.4. The molecule has 7 nitrogen and oxygen atoms in total. The number of carbonyl (C=O) groups is 3. The Kier molecular flexibility index (Phi) is 8.52. The Balaban J connectivity index is 2.52. The summed E-state index contributed by atoms with van der Waals surface area (Å²) in [5, 5.41) is 5.24. The molecule has 0 radical (unpaired) electrons. The normalized spacial score (nSPS) is 20.3. The van der Waals surface area contributed by atoms with Crippen molar-refractivity contribution in [2.45, 2.75) is 65.0 Å². The number of nitrogens with one attached hydrogen (secondary N) is 2. The molecule has 1 saturated heterocycles. The van der Waals surface area contributed by atoms with E-state index in [1.54, 1.807) is 0 Å². The van der Waals surface area contributed by atoms with Crippen LogP contribution in [0.4, 0.5) is 13.2 Å². The van der Waals surface area contributed by atoms with Gasteiger partial charge in [0.2, 0.25) is 5.91 Å². The van der Waals surface area contributed by atoms with Crippen LogP contribution in [-0.4, -0.2) is 55.4 Å². The van der Waals surface area contributed by atoms with E-state index in [2.05, 4.69) is 15.4 Å². The molecule has 1 heterocycles. The van der Waals surface area contributed by atoms with Gasteiger partial charge in [-0.25, -0.2) is 4.79 Å².